The van der Waals surface area contributed by atoms with Gasteiger partial charge in [-0.15, -0.1) is 11.8 Å². The highest BCUT2D eigenvalue weighted by atomic mass is 32.2. The van der Waals surface area contributed by atoms with E-state index in [0.717, 1.165) is 48.3 Å². The van der Waals surface area contributed by atoms with Crippen LogP contribution in [0.15, 0.2) is 47.5 Å². The molecule has 0 spiro atoms. The highest BCUT2D eigenvalue weighted by Crippen LogP contribution is 2.40. The topological polar surface area (TPSA) is 85.7 Å². The molecule has 2 aromatic heterocycles. The van der Waals surface area contributed by atoms with Crippen LogP contribution in [-0.4, -0.2) is 45.8 Å². The molecule has 1 aliphatic rings. The van der Waals surface area contributed by atoms with Crippen LogP contribution in [0.4, 0.5) is 0 Å². The van der Waals surface area contributed by atoms with Gasteiger partial charge < -0.3 is 4.90 Å². The fraction of sp³-hybridized carbons (Fsp3) is 0.333. The van der Waals surface area contributed by atoms with E-state index in [-0.39, 0.29) is 5.91 Å². The number of carbonyl (C=O) groups excluding carboxylic acids is 1. The second kappa shape index (κ2) is 9.36. The van der Waals surface area contributed by atoms with E-state index in [9.17, 15) is 10.1 Å². The number of H-pyrrole nitrogens is 1. The lowest BCUT2D eigenvalue weighted by molar-refractivity contribution is 0.0792. The maximum absolute atomic E-state index is 13.1. The number of thioether (sulfide) groups is 1. The Morgan fingerprint density at radius 1 is 1.29 bits per heavy atom. The summed E-state index contributed by atoms with van der Waals surface area (Å²) >= 11 is 1.42. The molecule has 31 heavy (non-hydrogen) atoms. The Kier molecular flexibility index (Phi) is 6.38. The number of benzene rings is 1. The van der Waals surface area contributed by atoms with Gasteiger partial charge in [0.1, 0.15) is 11.1 Å². The first-order valence-electron chi connectivity index (χ1n) is 10.4. The van der Waals surface area contributed by atoms with Crippen molar-refractivity contribution in [1.82, 2.24) is 20.1 Å². The first-order valence-corrected chi connectivity index (χ1v) is 11.7. The summed E-state index contributed by atoms with van der Waals surface area (Å²) in [6, 6.07) is 16.1. The molecule has 1 N–H and O–H groups in total. The molecule has 158 valence electrons. The van der Waals surface area contributed by atoms with Crippen LogP contribution in [0.5, 0.6) is 0 Å². The first-order chi connectivity index (χ1) is 15.1. The van der Waals surface area contributed by atoms with Crippen molar-refractivity contribution in [3.8, 4) is 17.3 Å². The van der Waals surface area contributed by atoms with Crippen molar-refractivity contribution in [2.24, 2.45) is 0 Å². The molecule has 1 saturated carbocycles. The first kappa shape index (κ1) is 21.1. The lowest BCUT2D eigenvalue weighted by Crippen LogP contribution is -2.29. The summed E-state index contributed by atoms with van der Waals surface area (Å²) in [6.07, 6.45) is 5.70. The molecule has 1 aromatic carbocycles. The van der Waals surface area contributed by atoms with Gasteiger partial charge in [-0.3, -0.25) is 9.89 Å². The van der Waals surface area contributed by atoms with Crippen molar-refractivity contribution in [2.75, 3.05) is 19.8 Å². The number of aryl methyl sites for hydroxylation is 1. The van der Waals surface area contributed by atoms with Crippen LogP contribution in [0.1, 0.15) is 52.5 Å². The van der Waals surface area contributed by atoms with Crippen molar-refractivity contribution in [3.63, 3.8) is 0 Å². The van der Waals surface area contributed by atoms with E-state index >= 15 is 0 Å². The number of rotatable bonds is 8. The van der Waals surface area contributed by atoms with Crippen LogP contribution in [0.25, 0.3) is 11.3 Å². The normalized spacial score (nSPS) is 13.1. The Morgan fingerprint density at radius 2 is 2.06 bits per heavy atom. The van der Waals surface area contributed by atoms with Gasteiger partial charge in [-0.1, -0.05) is 30.3 Å². The van der Waals surface area contributed by atoms with Gasteiger partial charge in [0, 0.05) is 36.5 Å². The average Bonchev–Trinajstić information content (AvgIpc) is 3.56. The Bertz CT molecular complexity index is 1110. The molecule has 6 nitrogen and oxygen atoms in total. The Hall–Kier alpha value is -3.11. The summed E-state index contributed by atoms with van der Waals surface area (Å²) < 4.78 is 0. The van der Waals surface area contributed by atoms with Crippen molar-refractivity contribution >= 4 is 17.7 Å². The Morgan fingerprint density at radius 3 is 2.74 bits per heavy atom. The molecular formula is C24H25N5OS. The lowest BCUT2D eigenvalue weighted by atomic mass is 10.1. The number of hydrogen-bond donors (Lipinski definition) is 1. The van der Waals surface area contributed by atoms with Crippen molar-refractivity contribution in [1.29, 1.82) is 5.26 Å². The minimum Gasteiger partial charge on any atom is -0.342 e. The molecular weight excluding hydrogens is 406 g/mol. The number of carbonyl (C=O) groups is 1. The predicted octanol–water partition coefficient (Wildman–Crippen LogP) is 4.65. The third-order valence-corrected chi connectivity index (χ3v) is 6.21. The fourth-order valence-corrected chi connectivity index (χ4v) is 4.17. The lowest BCUT2D eigenvalue weighted by Gasteiger charge is -2.19. The van der Waals surface area contributed by atoms with Gasteiger partial charge >= 0.3 is 0 Å². The van der Waals surface area contributed by atoms with E-state index in [4.69, 9.17) is 0 Å². The maximum atomic E-state index is 13.1. The molecule has 1 fully saturated rings. The fourth-order valence-electron chi connectivity index (χ4n) is 3.61. The van der Waals surface area contributed by atoms with E-state index in [1.165, 1.54) is 11.8 Å². The molecule has 7 heteroatoms. The maximum Gasteiger partial charge on any atom is 0.255 e. The molecule has 0 atom stereocenters. The molecule has 4 rings (SSSR count). The van der Waals surface area contributed by atoms with Crippen LogP contribution < -0.4 is 0 Å². The van der Waals surface area contributed by atoms with E-state index < -0.39 is 0 Å². The smallest absolute Gasteiger partial charge is 0.255 e. The Balaban J connectivity index is 1.41. The van der Waals surface area contributed by atoms with Crippen molar-refractivity contribution in [2.45, 2.75) is 36.6 Å². The average molecular weight is 432 g/mol. The van der Waals surface area contributed by atoms with Gasteiger partial charge in [0.15, 0.2) is 0 Å². The number of aromatic nitrogens is 3. The number of nitriles is 1. The van der Waals surface area contributed by atoms with Crippen molar-refractivity contribution < 1.29 is 4.79 Å². The zero-order valence-electron chi connectivity index (χ0n) is 17.8. The summed E-state index contributed by atoms with van der Waals surface area (Å²) in [5.74, 6) is 0.306. The number of pyridine rings is 1. The number of nitrogens with one attached hydrogen (secondary N) is 1. The minimum absolute atomic E-state index is 0.120. The van der Waals surface area contributed by atoms with Crippen molar-refractivity contribution in [3.05, 3.63) is 65.0 Å². The number of nitrogens with zero attached hydrogens (tertiary/aromatic N) is 4. The predicted molar refractivity (Wildman–Crippen MR) is 122 cm³/mol. The molecule has 0 radical (unpaired) electrons. The highest BCUT2D eigenvalue weighted by molar-refractivity contribution is 7.98. The third-order valence-electron chi connectivity index (χ3n) is 5.52. The molecule has 0 saturated heterocycles. The second-order valence-electron chi connectivity index (χ2n) is 7.84. The zero-order valence-corrected chi connectivity index (χ0v) is 18.6. The van der Waals surface area contributed by atoms with Gasteiger partial charge in [0.25, 0.3) is 5.91 Å². The van der Waals surface area contributed by atoms with Gasteiger partial charge in [0.05, 0.1) is 16.8 Å². The molecule has 1 amide bonds. The summed E-state index contributed by atoms with van der Waals surface area (Å²) in [6.45, 7) is 0.596. The van der Waals surface area contributed by atoms with Crippen LogP contribution in [0, 0.1) is 11.3 Å². The van der Waals surface area contributed by atoms with Gasteiger partial charge in [0.2, 0.25) is 0 Å². The monoisotopic (exact) mass is 431 g/mol. The van der Waals surface area contributed by atoms with Crippen LogP contribution >= 0.6 is 11.8 Å². The zero-order chi connectivity index (χ0) is 21.8. The summed E-state index contributed by atoms with van der Waals surface area (Å²) in [4.78, 5) is 19.5. The Labute approximate surface area is 186 Å². The number of aromatic amines is 1. The van der Waals surface area contributed by atoms with Gasteiger partial charge in [-0.25, -0.2) is 4.98 Å². The summed E-state index contributed by atoms with van der Waals surface area (Å²) in [5, 5.41) is 17.8. The number of amides is 1. The molecule has 1 aliphatic carbocycles. The number of hydrogen-bond acceptors (Lipinski definition) is 5. The van der Waals surface area contributed by atoms with Crippen LogP contribution in [-0.2, 0) is 6.42 Å². The quantitative estimate of drug-likeness (QED) is 0.525. The highest BCUT2D eigenvalue weighted by Gasteiger charge is 2.29. The standard InChI is InChI=1S/C24H25N5OS/c1-29(12-6-9-18-13-22(28-27-18)16-7-4-3-5-8-16)24(30)19-14-21(17-10-11-17)26-23(31-2)20(19)15-25/h3-5,7-8,13-14,17H,6,9-12H2,1-2H3,(H,27,28). The molecule has 0 unspecified atom stereocenters. The second-order valence-corrected chi connectivity index (χ2v) is 8.63. The van der Waals surface area contributed by atoms with Gasteiger partial charge in [-0.05, 0) is 44.1 Å². The largest absolute Gasteiger partial charge is 0.342 e. The SMILES string of the molecule is CSc1nc(C2CC2)cc(C(=O)N(C)CCCc2cc(-c3ccccc3)n[nH]2)c1C#N. The van der Waals surface area contributed by atoms with E-state index in [1.54, 1.807) is 11.9 Å². The minimum atomic E-state index is -0.120. The third kappa shape index (κ3) is 4.80. The molecule has 2 heterocycles. The molecule has 0 aliphatic heterocycles. The summed E-state index contributed by atoms with van der Waals surface area (Å²) in [5.41, 5.74) is 4.84. The van der Waals surface area contributed by atoms with Gasteiger partial charge in [-0.2, -0.15) is 10.4 Å². The molecule has 3 aromatic rings. The van der Waals surface area contributed by atoms with E-state index in [0.29, 0.717) is 28.6 Å². The van der Waals surface area contributed by atoms with E-state index in [1.807, 2.05) is 42.7 Å². The summed E-state index contributed by atoms with van der Waals surface area (Å²) in [7, 11) is 1.79. The van der Waals surface area contributed by atoms with Crippen LogP contribution in [0.3, 0.4) is 0 Å². The molecule has 0 bridgehead atoms. The van der Waals surface area contributed by atoms with Crippen LogP contribution in [0.2, 0.25) is 0 Å². The van der Waals surface area contributed by atoms with E-state index in [2.05, 4.69) is 27.3 Å².